The molecule has 68 heavy (non-hydrogen) atoms. The number of hydrogen-bond donors (Lipinski definition) is 0. The SMILES string of the molecule is [C-]#[N+]c1ccc2c(c1)c1ccccc1n2-c1ccc(-c2ccc(C#N)cc2)cc1-c1ccc(-n2c3ccccc3c3cc([N+]#[C-])ccc32)c(-c2nc(-c3ccccc3)nc(-c3ccccc3)n2)c1. The van der Waals surface area contributed by atoms with Gasteiger partial charge in [0.15, 0.2) is 28.8 Å². The molecule has 3 heterocycles. The molecule has 0 aliphatic rings. The molecule has 0 bridgehead atoms. The van der Waals surface area contributed by atoms with Gasteiger partial charge in [-0.3, -0.25) is 0 Å². The number of para-hydroxylation sites is 2. The minimum atomic E-state index is 0.492. The number of benzene rings is 9. The number of hydrogen-bond acceptors (Lipinski definition) is 4. The van der Waals surface area contributed by atoms with Gasteiger partial charge >= 0.3 is 0 Å². The second-order valence-electron chi connectivity index (χ2n) is 16.5. The van der Waals surface area contributed by atoms with Crippen LogP contribution in [0.5, 0.6) is 0 Å². The maximum Gasteiger partial charge on any atom is 0.188 e. The van der Waals surface area contributed by atoms with E-state index in [4.69, 9.17) is 28.1 Å². The molecule has 8 nitrogen and oxygen atoms in total. The zero-order valence-electron chi connectivity index (χ0n) is 36.2. The fraction of sp³-hybridized carbons (Fsp3) is 0. The normalized spacial score (nSPS) is 11.2. The van der Waals surface area contributed by atoms with Gasteiger partial charge in [0.1, 0.15) is 0 Å². The summed E-state index contributed by atoms with van der Waals surface area (Å²) >= 11 is 0. The van der Waals surface area contributed by atoms with Gasteiger partial charge in [0, 0.05) is 33.0 Å². The van der Waals surface area contributed by atoms with Crippen molar-refractivity contribution in [3.8, 4) is 73.9 Å². The monoisotopic (exact) mass is 866 g/mol. The summed E-state index contributed by atoms with van der Waals surface area (Å²) in [5, 5.41) is 13.7. The van der Waals surface area contributed by atoms with Crippen LogP contribution >= 0.6 is 0 Å². The van der Waals surface area contributed by atoms with E-state index in [1.807, 2.05) is 146 Å². The first-order chi connectivity index (χ1) is 33.6. The van der Waals surface area contributed by atoms with Gasteiger partial charge in [-0.25, -0.2) is 24.6 Å². The molecule has 0 amide bonds. The molecule has 3 aromatic heterocycles. The summed E-state index contributed by atoms with van der Waals surface area (Å²) in [6.45, 7) is 15.7. The molecule has 12 aromatic rings. The fourth-order valence-electron chi connectivity index (χ4n) is 9.47. The lowest BCUT2D eigenvalue weighted by Crippen LogP contribution is -2.04. The molecule has 0 saturated heterocycles. The van der Waals surface area contributed by atoms with Gasteiger partial charge in [0.2, 0.25) is 0 Å². The largest absolute Gasteiger partial charge is 0.309 e. The summed E-state index contributed by atoms with van der Waals surface area (Å²) in [7, 11) is 0. The maximum absolute atomic E-state index is 9.66. The highest BCUT2D eigenvalue weighted by molar-refractivity contribution is 6.12. The van der Waals surface area contributed by atoms with Crippen molar-refractivity contribution >= 4 is 55.0 Å². The average Bonchev–Trinajstić information content (AvgIpc) is 3.92. The first kappa shape index (κ1) is 39.6. The zero-order valence-corrected chi connectivity index (χ0v) is 36.2. The van der Waals surface area contributed by atoms with Crippen molar-refractivity contribution in [3.05, 3.63) is 235 Å². The van der Waals surface area contributed by atoms with Crippen LogP contribution in [0.1, 0.15) is 5.56 Å². The topological polar surface area (TPSA) is 81.0 Å². The Morgan fingerprint density at radius 1 is 0.368 bits per heavy atom. The third-order valence-corrected chi connectivity index (χ3v) is 12.6. The van der Waals surface area contributed by atoms with Crippen LogP contribution in [0.4, 0.5) is 11.4 Å². The Morgan fingerprint density at radius 2 is 0.809 bits per heavy atom. The molecule has 0 saturated carbocycles. The third kappa shape index (κ3) is 6.63. The molecule has 0 aliphatic carbocycles. The van der Waals surface area contributed by atoms with Crippen molar-refractivity contribution < 1.29 is 0 Å². The highest BCUT2D eigenvalue weighted by atomic mass is 15.1. The molecular weight excluding hydrogens is 833 g/mol. The smallest absolute Gasteiger partial charge is 0.188 e. The lowest BCUT2D eigenvalue weighted by Gasteiger charge is -2.19. The Balaban J connectivity index is 1.19. The second kappa shape index (κ2) is 16.2. The zero-order chi connectivity index (χ0) is 45.7. The molecule has 0 spiro atoms. The number of nitrogens with zero attached hydrogens (tertiary/aromatic N) is 8. The summed E-state index contributed by atoms with van der Waals surface area (Å²) in [6.07, 6.45) is 0. The summed E-state index contributed by atoms with van der Waals surface area (Å²) in [5.74, 6) is 1.58. The van der Waals surface area contributed by atoms with Gasteiger partial charge in [-0.1, -0.05) is 133 Å². The van der Waals surface area contributed by atoms with E-state index in [1.54, 1.807) is 0 Å². The maximum atomic E-state index is 9.66. The van der Waals surface area contributed by atoms with Crippen molar-refractivity contribution in [1.82, 2.24) is 24.1 Å². The Labute approximate surface area is 391 Å². The van der Waals surface area contributed by atoms with E-state index in [2.05, 4.69) is 85.6 Å². The quantitative estimate of drug-likeness (QED) is 0.149. The van der Waals surface area contributed by atoms with Crippen LogP contribution in [-0.2, 0) is 0 Å². The Kier molecular flexibility index (Phi) is 9.47. The standard InChI is InChI=1S/C60H34N8/c1-62-44-27-31-55-49(35-44)46-17-9-11-19-52(46)67(55)54-29-25-42(39-23-21-38(37-61)22-24-39)33-48(54)43-26-30-57(68-53-20-12-10-18-47(53)50-36-45(63-2)28-32-56(50)68)51(34-43)60-65-58(40-13-5-3-6-14-40)64-59(66-60)41-15-7-4-8-16-41/h3-36H. The van der Waals surface area contributed by atoms with E-state index in [0.29, 0.717) is 34.4 Å². The third-order valence-electron chi connectivity index (χ3n) is 12.6. The van der Waals surface area contributed by atoms with Gasteiger partial charge in [0.05, 0.1) is 58.2 Å². The van der Waals surface area contributed by atoms with E-state index in [-0.39, 0.29) is 0 Å². The lowest BCUT2D eigenvalue weighted by atomic mass is 9.94. The first-order valence-corrected chi connectivity index (χ1v) is 22.1. The molecule has 0 unspecified atom stereocenters. The summed E-state index contributed by atoms with van der Waals surface area (Å²) in [4.78, 5) is 23.3. The van der Waals surface area contributed by atoms with Gasteiger partial charge in [0.25, 0.3) is 0 Å². The summed E-state index contributed by atoms with van der Waals surface area (Å²) in [5.41, 5.74) is 13.7. The molecule has 0 aliphatic heterocycles. The fourth-order valence-corrected chi connectivity index (χ4v) is 9.47. The van der Waals surface area contributed by atoms with Crippen LogP contribution in [0.3, 0.4) is 0 Å². The van der Waals surface area contributed by atoms with Gasteiger partial charge in [-0.05, 0) is 100 Å². The van der Waals surface area contributed by atoms with Crippen LogP contribution < -0.4 is 0 Å². The van der Waals surface area contributed by atoms with Crippen molar-refractivity contribution in [2.75, 3.05) is 0 Å². The molecule has 314 valence electrons. The van der Waals surface area contributed by atoms with E-state index < -0.39 is 0 Å². The van der Waals surface area contributed by atoms with E-state index in [9.17, 15) is 5.26 Å². The molecule has 12 rings (SSSR count). The van der Waals surface area contributed by atoms with Crippen LogP contribution in [-0.4, -0.2) is 24.1 Å². The van der Waals surface area contributed by atoms with Gasteiger partial charge in [-0.15, -0.1) is 0 Å². The number of rotatable bonds is 7. The molecular formula is C60H34N8. The van der Waals surface area contributed by atoms with Crippen LogP contribution in [0.15, 0.2) is 206 Å². The Bertz CT molecular complexity index is 4050. The molecule has 8 heteroatoms. The van der Waals surface area contributed by atoms with Crippen LogP contribution in [0.25, 0.3) is 121 Å². The first-order valence-electron chi connectivity index (χ1n) is 22.1. The molecule has 0 atom stereocenters. The highest BCUT2D eigenvalue weighted by Gasteiger charge is 2.23. The lowest BCUT2D eigenvalue weighted by molar-refractivity contribution is 1.06. The predicted octanol–water partition coefficient (Wildman–Crippen LogP) is 15.4. The van der Waals surface area contributed by atoms with Gasteiger partial charge < -0.3 is 9.13 Å². The number of aromatic nitrogens is 5. The van der Waals surface area contributed by atoms with Crippen LogP contribution in [0, 0.1) is 24.5 Å². The number of fused-ring (bicyclic) bond motifs is 6. The molecule has 0 radical (unpaired) electrons. The van der Waals surface area contributed by atoms with Crippen molar-refractivity contribution in [1.29, 1.82) is 5.26 Å². The minimum absolute atomic E-state index is 0.492. The Hall–Kier alpha value is -9.94. The van der Waals surface area contributed by atoms with E-state index in [0.717, 1.165) is 93.9 Å². The summed E-state index contributed by atoms with van der Waals surface area (Å²) in [6, 6.07) is 71.3. The molecule has 9 aromatic carbocycles. The molecule has 0 fully saturated rings. The van der Waals surface area contributed by atoms with Crippen LogP contribution in [0.2, 0.25) is 0 Å². The summed E-state index contributed by atoms with van der Waals surface area (Å²) < 4.78 is 4.54. The Morgan fingerprint density at radius 3 is 1.34 bits per heavy atom. The van der Waals surface area contributed by atoms with E-state index in [1.165, 1.54) is 0 Å². The van der Waals surface area contributed by atoms with Crippen molar-refractivity contribution in [2.45, 2.75) is 0 Å². The highest BCUT2D eigenvalue weighted by Crippen LogP contribution is 2.43. The van der Waals surface area contributed by atoms with Gasteiger partial charge in [-0.2, -0.15) is 5.26 Å². The number of nitriles is 1. The van der Waals surface area contributed by atoms with Crippen molar-refractivity contribution in [3.63, 3.8) is 0 Å². The minimum Gasteiger partial charge on any atom is -0.309 e. The molecule has 0 N–H and O–H groups in total. The average molecular weight is 867 g/mol. The second-order valence-corrected chi connectivity index (χ2v) is 16.5. The predicted molar refractivity (Wildman–Crippen MR) is 273 cm³/mol. The van der Waals surface area contributed by atoms with E-state index >= 15 is 0 Å². The van der Waals surface area contributed by atoms with Crippen molar-refractivity contribution in [2.24, 2.45) is 0 Å².